The van der Waals surface area contributed by atoms with E-state index in [1.54, 1.807) is 24.3 Å². The van der Waals surface area contributed by atoms with Gasteiger partial charge < -0.3 is 10.6 Å². The molecule has 2 aromatic carbocycles. The van der Waals surface area contributed by atoms with E-state index < -0.39 is 0 Å². The second-order valence-electron chi connectivity index (χ2n) is 5.02. The summed E-state index contributed by atoms with van der Waals surface area (Å²) >= 11 is 0. The van der Waals surface area contributed by atoms with E-state index in [9.17, 15) is 4.79 Å². The van der Waals surface area contributed by atoms with Gasteiger partial charge in [-0.3, -0.25) is 4.79 Å². The molecule has 1 aliphatic heterocycles. The van der Waals surface area contributed by atoms with Crippen LogP contribution in [-0.4, -0.2) is 12.5 Å². The monoisotopic (exact) mass is 277 g/mol. The molecule has 4 nitrogen and oxygen atoms in total. The van der Waals surface area contributed by atoms with Gasteiger partial charge in [-0.15, -0.1) is 0 Å². The number of nitriles is 1. The normalized spacial score (nSPS) is 13.1. The molecule has 0 aliphatic carbocycles. The fourth-order valence-electron chi connectivity index (χ4n) is 2.61. The van der Waals surface area contributed by atoms with E-state index in [-0.39, 0.29) is 5.91 Å². The summed E-state index contributed by atoms with van der Waals surface area (Å²) in [6, 6.07) is 14.8. The zero-order valence-electron chi connectivity index (χ0n) is 11.5. The lowest BCUT2D eigenvalue weighted by Gasteiger charge is -2.20. The van der Waals surface area contributed by atoms with Crippen LogP contribution >= 0.6 is 0 Å². The molecular formula is C17H15N3O. The SMILES string of the molecule is N#Cc1cccc(NC(=O)c2cccc3c2CCNC3)c1. The van der Waals surface area contributed by atoms with E-state index in [1.807, 2.05) is 12.1 Å². The number of fused-ring (bicyclic) bond motifs is 1. The molecule has 3 rings (SSSR count). The number of nitrogens with one attached hydrogen (secondary N) is 2. The molecule has 0 saturated heterocycles. The molecule has 0 spiro atoms. The molecule has 4 heteroatoms. The number of hydrogen-bond acceptors (Lipinski definition) is 3. The molecule has 0 bridgehead atoms. The van der Waals surface area contributed by atoms with E-state index in [2.05, 4.69) is 22.8 Å². The van der Waals surface area contributed by atoms with Gasteiger partial charge in [0.25, 0.3) is 5.91 Å². The number of anilines is 1. The maximum Gasteiger partial charge on any atom is 0.255 e. The molecule has 1 aliphatic rings. The first-order valence-corrected chi connectivity index (χ1v) is 6.91. The zero-order valence-corrected chi connectivity index (χ0v) is 11.5. The average molecular weight is 277 g/mol. The summed E-state index contributed by atoms with van der Waals surface area (Å²) in [5, 5.41) is 15.1. The topological polar surface area (TPSA) is 64.9 Å². The third kappa shape index (κ3) is 2.78. The minimum absolute atomic E-state index is 0.121. The molecule has 0 radical (unpaired) electrons. The largest absolute Gasteiger partial charge is 0.322 e. The smallest absolute Gasteiger partial charge is 0.255 e. The van der Waals surface area contributed by atoms with Crippen molar-refractivity contribution in [3.05, 3.63) is 64.7 Å². The van der Waals surface area contributed by atoms with Crippen LogP contribution in [0, 0.1) is 11.3 Å². The van der Waals surface area contributed by atoms with Crippen LogP contribution in [0.3, 0.4) is 0 Å². The van der Waals surface area contributed by atoms with Crippen molar-refractivity contribution >= 4 is 11.6 Å². The van der Waals surface area contributed by atoms with Crippen LogP contribution in [0.2, 0.25) is 0 Å². The maximum absolute atomic E-state index is 12.5. The Labute approximate surface area is 123 Å². The number of carbonyl (C=O) groups excluding carboxylic acids is 1. The van der Waals surface area contributed by atoms with Gasteiger partial charge in [0.1, 0.15) is 0 Å². The standard InChI is InChI=1S/C17H15N3O/c18-10-12-3-1-5-14(9-12)20-17(21)16-6-2-4-13-11-19-8-7-15(13)16/h1-6,9,19H,7-8,11H2,(H,20,21). The highest BCUT2D eigenvalue weighted by Gasteiger charge is 2.17. The predicted molar refractivity (Wildman–Crippen MR) is 81.0 cm³/mol. The second kappa shape index (κ2) is 5.78. The van der Waals surface area contributed by atoms with Gasteiger partial charge in [0.05, 0.1) is 11.6 Å². The molecule has 1 amide bonds. The lowest BCUT2D eigenvalue weighted by Crippen LogP contribution is -2.26. The predicted octanol–water partition coefficient (Wildman–Crippen LogP) is 2.46. The van der Waals surface area contributed by atoms with Crippen LogP contribution in [-0.2, 0) is 13.0 Å². The Balaban J connectivity index is 1.87. The second-order valence-corrected chi connectivity index (χ2v) is 5.02. The Morgan fingerprint density at radius 1 is 1.24 bits per heavy atom. The Morgan fingerprint density at radius 2 is 2.10 bits per heavy atom. The van der Waals surface area contributed by atoms with E-state index in [0.717, 1.165) is 30.6 Å². The first-order chi connectivity index (χ1) is 10.3. The summed E-state index contributed by atoms with van der Waals surface area (Å²) in [4.78, 5) is 12.5. The summed E-state index contributed by atoms with van der Waals surface area (Å²) < 4.78 is 0. The summed E-state index contributed by atoms with van der Waals surface area (Å²) in [5.74, 6) is -0.121. The van der Waals surface area contributed by atoms with Crippen LogP contribution in [0.4, 0.5) is 5.69 Å². The Bertz CT molecular complexity index is 731. The van der Waals surface area contributed by atoms with Crippen molar-refractivity contribution in [2.45, 2.75) is 13.0 Å². The highest BCUT2D eigenvalue weighted by Crippen LogP contribution is 2.20. The van der Waals surface area contributed by atoms with Crippen molar-refractivity contribution < 1.29 is 4.79 Å². The number of rotatable bonds is 2. The molecule has 21 heavy (non-hydrogen) atoms. The maximum atomic E-state index is 12.5. The van der Waals surface area contributed by atoms with Crippen LogP contribution in [0.5, 0.6) is 0 Å². The number of hydrogen-bond donors (Lipinski definition) is 2. The number of amides is 1. The van der Waals surface area contributed by atoms with Crippen LogP contribution < -0.4 is 10.6 Å². The fourth-order valence-corrected chi connectivity index (χ4v) is 2.61. The quantitative estimate of drug-likeness (QED) is 0.886. The molecular weight excluding hydrogens is 262 g/mol. The highest BCUT2D eigenvalue weighted by atomic mass is 16.1. The minimum Gasteiger partial charge on any atom is -0.322 e. The molecule has 2 N–H and O–H groups in total. The van der Waals surface area contributed by atoms with Gasteiger partial charge in [0.15, 0.2) is 0 Å². The van der Waals surface area contributed by atoms with E-state index in [0.29, 0.717) is 11.3 Å². The molecule has 0 aromatic heterocycles. The Kier molecular flexibility index (Phi) is 3.67. The van der Waals surface area contributed by atoms with E-state index in [4.69, 9.17) is 5.26 Å². The van der Waals surface area contributed by atoms with Crippen molar-refractivity contribution in [1.29, 1.82) is 5.26 Å². The number of benzene rings is 2. The van der Waals surface area contributed by atoms with Gasteiger partial charge in [-0.2, -0.15) is 5.26 Å². The van der Waals surface area contributed by atoms with Gasteiger partial charge in [-0.05, 0) is 48.4 Å². The van der Waals surface area contributed by atoms with Crippen molar-refractivity contribution in [2.75, 3.05) is 11.9 Å². The molecule has 104 valence electrons. The van der Waals surface area contributed by atoms with Gasteiger partial charge >= 0.3 is 0 Å². The minimum atomic E-state index is -0.121. The van der Waals surface area contributed by atoms with Crippen molar-refractivity contribution in [2.24, 2.45) is 0 Å². The number of carbonyl (C=O) groups is 1. The third-order valence-corrected chi connectivity index (χ3v) is 3.63. The average Bonchev–Trinajstić information content (AvgIpc) is 2.54. The summed E-state index contributed by atoms with van der Waals surface area (Å²) in [7, 11) is 0. The highest BCUT2D eigenvalue weighted by molar-refractivity contribution is 6.05. The van der Waals surface area contributed by atoms with Gasteiger partial charge in [0, 0.05) is 17.8 Å². The first-order valence-electron chi connectivity index (χ1n) is 6.91. The van der Waals surface area contributed by atoms with E-state index in [1.165, 1.54) is 5.56 Å². The van der Waals surface area contributed by atoms with E-state index >= 15 is 0 Å². The molecule has 0 fully saturated rings. The van der Waals surface area contributed by atoms with Crippen molar-refractivity contribution in [1.82, 2.24) is 5.32 Å². The molecule has 1 heterocycles. The van der Waals surface area contributed by atoms with Crippen LogP contribution in [0.15, 0.2) is 42.5 Å². The molecule has 0 atom stereocenters. The fraction of sp³-hybridized carbons (Fsp3) is 0.176. The van der Waals surface area contributed by atoms with Crippen molar-refractivity contribution in [3.63, 3.8) is 0 Å². The molecule has 2 aromatic rings. The summed E-state index contributed by atoms with van der Waals surface area (Å²) in [5.41, 5.74) is 4.19. The molecule has 0 saturated carbocycles. The zero-order chi connectivity index (χ0) is 14.7. The lowest BCUT2D eigenvalue weighted by atomic mass is 9.95. The van der Waals surface area contributed by atoms with Crippen LogP contribution in [0.25, 0.3) is 0 Å². The first kappa shape index (κ1) is 13.3. The van der Waals surface area contributed by atoms with Crippen LogP contribution in [0.1, 0.15) is 27.0 Å². The summed E-state index contributed by atoms with van der Waals surface area (Å²) in [6.45, 7) is 1.70. The number of nitrogens with zero attached hydrogens (tertiary/aromatic N) is 1. The molecule has 0 unspecified atom stereocenters. The van der Waals surface area contributed by atoms with Gasteiger partial charge in [-0.25, -0.2) is 0 Å². The third-order valence-electron chi connectivity index (χ3n) is 3.63. The Morgan fingerprint density at radius 3 is 2.95 bits per heavy atom. The summed E-state index contributed by atoms with van der Waals surface area (Å²) in [6.07, 6.45) is 0.858. The van der Waals surface area contributed by atoms with Crippen molar-refractivity contribution in [3.8, 4) is 6.07 Å². The van der Waals surface area contributed by atoms with Gasteiger partial charge in [0.2, 0.25) is 0 Å². The Hall–Kier alpha value is -2.64. The lowest BCUT2D eigenvalue weighted by molar-refractivity contribution is 0.102. The van der Waals surface area contributed by atoms with Gasteiger partial charge in [-0.1, -0.05) is 18.2 Å².